The molecule has 1 fully saturated rings. The summed E-state index contributed by atoms with van der Waals surface area (Å²) in [6.07, 6.45) is -1.41. The van der Waals surface area contributed by atoms with Gasteiger partial charge < -0.3 is 11.1 Å². The molecule has 2 rings (SSSR count). The van der Waals surface area contributed by atoms with Crippen LogP contribution in [-0.4, -0.2) is 12.5 Å². The van der Waals surface area contributed by atoms with E-state index in [9.17, 15) is 18.0 Å². The largest absolute Gasteiger partial charge is 0.416 e. The number of amides is 1. The number of alkyl halides is 3. The van der Waals surface area contributed by atoms with E-state index in [1.807, 2.05) is 0 Å². The van der Waals surface area contributed by atoms with Crippen molar-refractivity contribution < 1.29 is 18.0 Å². The summed E-state index contributed by atoms with van der Waals surface area (Å²) in [5, 5.41) is 2.58. The van der Waals surface area contributed by atoms with Gasteiger partial charge in [0.25, 0.3) is 0 Å². The lowest BCUT2D eigenvalue weighted by Crippen LogP contribution is -2.40. The van der Waals surface area contributed by atoms with Gasteiger partial charge in [-0.1, -0.05) is 24.4 Å². The Hall–Kier alpha value is -1.27. The third kappa shape index (κ3) is 3.32. The topological polar surface area (TPSA) is 55.1 Å². The molecule has 3 nitrogen and oxygen atoms in total. The molecule has 1 aromatic carbocycles. The first-order valence-electron chi connectivity index (χ1n) is 6.67. The fourth-order valence-electron chi connectivity index (χ4n) is 2.63. The van der Waals surface area contributed by atoms with Crippen molar-refractivity contribution >= 4 is 23.2 Å². The van der Waals surface area contributed by atoms with Gasteiger partial charge in [-0.15, -0.1) is 0 Å². The average molecular weight is 321 g/mol. The number of carbonyl (C=O) groups is 1. The van der Waals surface area contributed by atoms with E-state index in [2.05, 4.69) is 5.32 Å². The van der Waals surface area contributed by atoms with Gasteiger partial charge in [0, 0.05) is 6.54 Å². The lowest BCUT2D eigenvalue weighted by atomic mass is 9.85. The number of rotatable bonds is 3. The third-order valence-corrected chi connectivity index (χ3v) is 4.30. The van der Waals surface area contributed by atoms with Gasteiger partial charge in [-0.05, 0) is 31.0 Å². The zero-order valence-corrected chi connectivity index (χ0v) is 12.0. The molecule has 1 saturated carbocycles. The van der Waals surface area contributed by atoms with Crippen LogP contribution in [0.25, 0.3) is 0 Å². The number of carbonyl (C=O) groups excluding carboxylic acids is 1. The minimum atomic E-state index is -4.48. The number of nitrogens with two attached hydrogens (primary N) is 1. The molecule has 1 amide bonds. The zero-order chi connectivity index (χ0) is 15.7. The van der Waals surface area contributed by atoms with E-state index in [0.717, 1.165) is 31.0 Å². The van der Waals surface area contributed by atoms with E-state index in [-0.39, 0.29) is 23.2 Å². The molecule has 0 atom stereocenters. The molecule has 0 unspecified atom stereocenters. The summed E-state index contributed by atoms with van der Waals surface area (Å²) in [5.41, 5.74) is 4.11. The highest BCUT2D eigenvalue weighted by atomic mass is 35.5. The van der Waals surface area contributed by atoms with Crippen LogP contribution in [0.4, 0.5) is 18.9 Å². The predicted octanol–water partition coefficient (Wildman–Crippen LogP) is 3.82. The Morgan fingerprint density at radius 3 is 2.48 bits per heavy atom. The minimum Gasteiger partial charge on any atom is -0.329 e. The smallest absolute Gasteiger partial charge is 0.329 e. The second-order valence-electron chi connectivity index (χ2n) is 5.34. The van der Waals surface area contributed by atoms with Crippen LogP contribution in [0, 0.1) is 5.41 Å². The van der Waals surface area contributed by atoms with Crippen LogP contribution in [0.2, 0.25) is 5.02 Å². The van der Waals surface area contributed by atoms with Crippen molar-refractivity contribution in [3.63, 3.8) is 0 Å². The quantitative estimate of drug-likeness (QED) is 0.889. The molecule has 3 N–H and O–H groups in total. The first-order valence-corrected chi connectivity index (χ1v) is 7.04. The van der Waals surface area contributed by atoms with E-state index in [0.29, 0.717) is 12.8 Å². The fraction of sp³-hybridized carbons (Fsp3) is 0.500. The molecule has 0 saturated heterocycles. The van der Waals surface area contributed by atoms with Crippen LogP contribution in [0.15, 0.2) is 18.2 Å². The summed E-state index contributed by atoms with van der Waals surface area (Å²) in [6, 6.07) is 2.86. The van der Waals surface area contributed by atoms with Gasteiger partial charge in [0.15, 0.2) is 0 Å². The van der Waals surface area contributed by atoms with Crippen LogP contribution >= 0.6 is 11.6 Å². The molecule has 0 aromatic heterocycles. The standard InChI is InChI=1S/C14H16ClF3N2O/c15-10-4-3-9(14(16,17)18)7-11(10)20-12(21)13(8-19)5-1-2-6-13/h3-4,7H,1-2,5-6,8,19H2,(H,20,21). The SMILES string of the molecule is NCC1(C(=O)Nc2cc(C(F)(F)F)ccc2Cl)CCCC1. The fourth-order valence-corrected chi connectivity index (χ4v) is 2.79. The van der Waals surface area contributed by atoms with E-state index in [1.54, 1.807) is 0 Å². The molecule has 1 aromatic rings. The summed E-state index contributed by atoms with van der Waals surface area (Å²) >= 11 is 5.87. The molecular formula is C14H16ClF3N2O. The molecule has 0 bridgehead atoms. The van der Waals surface area contributed by atoms with Gasteiger partial charge in [-0.3, -0.25) is 4.79 Å². The highest BCUT2D eigenvalue weighted by Gasteiger charge is 2.40. The van der Waals surface area contributed by atoms with E-state index in [1.165, 1.54) is 0 Å². The van der Waals surface area contributed by atoms with Gasteiger partial charge in [0.05, 0.1) is 21.7 Å². The first kappa shape index (κ1) is 16.1. The van der Waals surface area contributed by atoms with Crippen LogP contribution in [-0.2, 0) is 11.0 Å². The second kappa shape index (κ2) is 5.85. The molecule has 0 heterocycles. The molecule has 0 aliphatic heterocycles. The van der Waals surface area contributed by atoms with Crippen LogP contribution in [0.3, 0.4) is 0 Å². The van der Waals surface area contributed by atoms with E-state index < -0.39 is 17.2 Å². The first-order chi connectivity index (χ1) is 9.78. The van der Waals surface area contributed by atoms with Crippen molar-refractivity contribution in [3.05, 3.63) is 28.8 Å². The number of benzene rings is 1. The van der Waals surface area contributed by atoms with Gasteiger partial charge >= 0.3 is 6.18 Å². The van der Waals surface area contributed by atoms with Gasteiger partial charge in [0.1, 0.15) is 0 Å². The van der Waals surface area contributed by atoms with Crippen LogP contribution in [0.1, 0.15) is 31.2 Å². The molecular weight excluding hydrogens is 305 g/mol. The number of nitrogens with one attached hydrogen (secondary N) is 1. The Balaban J connectivity index is 2.25. The van der Waals surface area contributed by atoms with Gasteiger partial charge in [-0.2, -0.15) is 13.2 Å². The Morgan fingerprint density at radius 1 is 1.33 bits per heavy atom. The molecule has 0 spiro atoms. The number of halogens is 4. The van der Waals surface area contributed by atoms with Gasteiger partial charge in [-0.25, -0.2) is 0 Å². The van der Waals surface area contributed by atoms with Crippen molar-refractivity contribution in [1.29, 1.82) is 0 Å². The molecule has 1 aliphatic rings. The second-order valence-corrected chi connectivity index (χ2v) is 5.75. The van der Waals surface area contributed by atoms with E-state index in [4.69, 9.17) is 17.3 Å². The Kier molecular flexibility index (Phi) is 4.49. The van der Waals surface area contributed by atoms with Crippen molar-refractivity contribution in [2.24, 2.45) is 11.1 Å². The molecule has 116 valence electrons. The highest BCUT2D eigenvalue weighted by molar-refractivity contribution is 6.33. The summed E-state index contributed by atoms with van der Waals surface area (Å²) in [4.78, 5) is 12.3. The summed E-state index contributed by atoms with van der Waals surface area (Å²) in [7, 11) is 0. The minimum absolute atomic E-state index is 0.0313. The van der Waals surface area contributed by atoms with Crippen molar-refractivity contribution in [3.8, 4) is 0 Å². The summed E-state index contributed by atoms with van der Waals surface area (Å²) in [6.45, 7) is 0.176. The maximum atomic E-state index is 12.7. The number of hydrogen-bond acceptors (Lipinski definition) is 2. The van der Waals surface area contributed by atoms with Crippen molar-refractivity contribution in [2.75, 3.05) is 11.9 Å². The van der Waals surface area contributed by atoms with Crippen molar-refractivity contribution in [1.82, 2.24) is 0 Å². The number of hydrogen-bond donors (Lipinski definition) is 2. The average Bonchev–Trinajstić information content (AvgIpc) is 2.90. The Morgan fingerprint density at radius 2 is 1.95 bits per heavy atom. The highest BCUT2D eigenvalue weighted by Crippen LogP contribution is 2.39. The van der Waals surface area contributed by atoms with Gasteiger partial charge in [0.2, 0.25) is 5.91 Å². The molecule has 21 heavy (non-hydrogen) atoms. The molecule has 7 heteroatoms. The zero-order valence-electron chi connectivity index (χ0n) is 11.3. The number of anilines is 1. The lowest BCUT2D eigenvalue weighted by molar-refractivity contribution is -0.137. The van der Waals surface area contributed by atoms with Crippen LogP contribution < -0.4 is 11.1 Å². The predicted molar refractivity (Wildman–Crippen MR) is 75.0 cm³/mol. The van der Waals surface area contributed by atoms with Crippen molar-refractivity contribution in [2.45, 2.75) is 31.9 Å². The van der Waals surface area contributed by atoms with Crippen LogP contribution in [0.5, 0.6) is 0 Å². The molecule has 0 radical (unpaired) electrons. The summed E-state index contributed by atoms with van der Waals surface area (Å²) in [5.74, 6) is -0.358. The normalized spacial score (nSPS) is 17.8. The Labute approximate surface area is 125 Å². The lowest BCUT2D eigenvalue weighted by Gasteiger charge is -2.26. The monoisotopic (exact) mass is 320 g/mol. The van der Waals surface area contributed by atoms with E-state index >= 15 is 0 Å². The maximum absolute atomic E-state index is 12.7. The summed E-state index contributed by atoms with van der Waals surface area (Å²) < 4.78 is 38.1. The molecule has 1 aliphatic carbocycles. The third-order valence-electron chi connectivity index (χ3n) is 3.97. The maximum Gasteiger partial charge on any atom is 0.416 e. The Bertz CT molecular complexity index is 540.